The highest BCUT2D eigenvalue weighted by Crippen LogP contribution is 2.13. The Hall–Kier alpha value is -2.47. The maximum atomic E-state index is 12.7. The molecule has 6 heteroatoms. The van der Waals surface area contributed by atoms with Crippen LogP contribution in [0, 0.1) is 5.92 Å². The lowest BCUT2D eigenvalue weighted by Gasteiger charge is -2.22. The van der Waals surface area contributed by atoms with Crippen LogP contribution >= 0.6 is 11.8 Å². The number of benzene rings is 2. The van der Waals surface area contributed by atoms with Gasteiger partial charge in [0.25, 0.3) is 0 Å². The molecule has 2 aromatic carbocycles. The summed E-state index contributed by atoms with van der Waals surface area (Å²) in [5.74, 6) is 2.22. The molecule has 5 nitrogen and oxygen atoms in total. The molecule has 0 saturated heterocycles. The fourth-order valence-corrected chi connectivity index (χ4v) is 3.82. The van der Waals surface area contributed by atoms with Crippen LogP contribution in [-0.4, -0.2) is 48.2 Å². The average Bonchev–Trinajstić information content (AvgIpc) is 2.77. The average molecular weight is 444 g/mol. The molecule has 0 aromatic heterocycles. The second-order valence-corrected chi connectivity index (χ2v) is 9.05. The van der Waals surface area contributed by atoms with Crippen molar-refractivity contribution in [2.45, 2.75) is 39.4 Å². The maximum Gasteiger partial charge on any atom is 0.410 e. The molecular weight excluding hydrogens is 410 g/mol. The molecule has 0 fully saturated rings. The van der Waals surface area contributed by atoms with Gasteiger partial charge in [0.15, 0.2) is 0 Å². The molecule has 0 aliphatic rings. The standard InChI is InChI=1S/C25H33NO4S/c1-20(2)19-31-16-10-15-26(3)25(28)30-23(17-21-11-6-4-7-12-21)24(27)29-18-22-13-8-5-9-14-22/h4-9,11-14,20,23H,10,15-19H2,1-3H3/t23-/m0/s1. The summed E-state index contributed by atoms with van der Waals surface area (Å²) in [4.78, 5) is 26.8. The number of carbonyl (C=O) groups excluding carboxylic acids is 2. The molecule has 0 unspecified atom stereocenters. The number of esters is 1. The summed E-state index contributed by atoms with van der Waals surface area (Å²) in [5, 5.41) is 0. The van der Waals surface area contributed by atoms with E-state index >= 15 is 0 Å². The molecule has 2 rings (SSSR count). The van der Waals surface area contributed by atoms with Crippen molar-refractivity contribution in [1.82, 2.24) is 4.90 Å². The predicted octanol–water partition coefficient (Wildman–Crippen LogP) is 5.19. The van der Waals surface area contributed by atoms with Gasteiger partial charge in [-0.15, -0.1) is 0 Å². The van der Waals surface area contributed by atoms with Gasteiger partial charge in [-0.25, -0.2) is 9.59 Å². The van der Waals surface area contributed by atoms with Crippen LogP contribution in [0.1, 0.15) is 31.4 Å². The van der Waals surface area contributed by atoms with Crippen molar-refractivity contribution < 1.29 is 19.1 Å². The van der Waals surface area contributed by atoms with Crippen molar-refractivity contribution in [3.63, 3.8) is 0 Å². The molecular formula is C25H33NO4S. The highest BCUT2D eigenvalue weighted by molar-refractivity contribution is 7.99. The predicted molar refractivity (Wildman–Crippen MR) is 126 cm³/mol. The van der Waals surface area contributed by atoms with Gasteiger partial charge in [-0.2, -0.15) is 11.8 Å². The minimum atomic E-state index is -0.989. The zero-order valence-corrected chi connectivity index (χ0v) is 19.5. The quantitative estimate of drug-likeness (QED) is 0.334. The zero-order chi connectivity index (χ0) is 22.5. The van der Waals surface area contributed by atoms with Crippen LogP contribution in [0.3, 0.4) is 0 Å². The van der Waals surface area contributed by atoms with Crippen LogP contribution in [0.15, 0.2) is 60.7 Å². The first-order valence-corrected chi connectivity index (χ1v) is 11.8. The van der Waals surface area contributed by atoms with Gasteiger partial charge in [-0.1, -0.05) is 74.5 Å². The first-order chi connectivity index (χ1) is 15.0. The van der Waals surface area contributed by atoms with Crippen molar-refractivity contribution >= 4 is 23.8 Å². The van der Waals surface area contributed by atoms with E-state index in [1.165, 1.54) is 4.90 Å². The van der Waals surface area contributed by atoms with Gasteiger partial charge in [0, 0.05) is 20.0 Å². The molecule has 0 radical (unpaired) electrons. The van der Waals surface area contributed by atoms with Crippen LogP contribution in [0.25, 0.3) is 0 Å². The maximum absolute atomic E-state index is 12.7. The Morgan fingerprint density at radius 2 is 1.58 bits per heavy atom. The summed E-state index contributed by atoms with van der Waals surface area (Å²) in [6.45, 7) is 5.12. The lowest BCUT2D eigenvalue weighted by Crippen LogP contribution is -2.37. The van der Waals surface area contributed by atoms with Crippen LogP contribution in [0.5, 0.6) is 0 Å². The lowest BCUT2D eigenvalue weighted by molar-refractivity contribution is -0.155. The van der Waals surface area contributed by atoms with Gasteiger partial charge < -0.3 is 14.4 Å². The van der Waals surface area contributed by atoms with E-state index in [2.05, 4.69) is 13.8 Å². The summed E-state index contributed by atoms with van der Waals surface area (Å²) in [6, 6.07) is 19.0. The summed E-state index contributed by atoms with van der Waals surface area (Å²) in [7, 11) is 1.70. The summed E-state index contributed by atoms with van der Waals surface area (Å²) < 4.78 is 11.0. The second kappa shape index (κ2) is 13.8. The number of ether oxygens (including phenoxy) is 2. The minimum Gasteiger partial charge on any atom is -0.458 e. The summed E-state index contributed by atoms with van der Waals surface area (Å²) in [5.41, 5.74) is 1.79. The van der Waals surface area contributed by atoms with Gasteiger partial charge >= 0.3 is 12.1 Å². The van der Waals surface area contributed by atoms with E-state index < -0.39 is 18.2 Å². The highest BCUT2D eigenvalue weighted by Gasteiger charge is 2.26. The van der Waals surface area contributed by atoms with E-state index in [0.717, 1.165) is 29.1 Å². The molecule has 31 heavy (non-hydrogen) atoms. The third-order valence-corrected chi connectivity index (χ3v) is 6.02. The van der Waals surface area contributed by atoms with Gasteiger partial charge in [0.1, 0.15) is 6.61 Å². The zero-order valence-electron chi connectivity index (χ0n) is 18.7. The SMILES string of the molecule is CC(C)CSCCCN(C)C(=O)O[C@@H](Cc1ccccc1)C(=O)OCc1ccccc1. The van der Waals surface area contributed by atoms with Crippen molar-refractivity contribution in [2.24, 2.45) is 5.92 Å². The Bertz CT molecular complexity index is 783. The molecule has 1 amide bonds. The Balaban J connectivity index is 1.90. The van der Waals surface area contributed by atoms with Gasteiger partial charge in [-0.05, 0) is 35.0 Å². The summed E-state index contributed by atoms with van der Waals surface area (Å²) >= 11 is 1.89. The third-order valence-electron chi connectivity index (χ3n) is 4.54. The number of rotatable bonds is 12. The van der Waals surface area contributed by atoms with E-state index in [0.29, 0.717) is 12.5 Å². The van der Waals surface area contributed by atoms with E-state index in [1.807, 2.05) is 72.4 Å². The Labute approximate surface area is 190 Å². The van der Waals surface area contributed by atoms with E-state index in [-0.39, 0.29) is 13.0 Å². The number of carbonyl (C=O) groups is 2. The highest BCUT2D eigenvalue weighted by atomic mass is 32.2. The van der Waals surface area contributed by atoms with Crippen molar-refractivity contribution in [1.29, 1.82) is 0 Å². The number of hydrogen-bond acceptors (Lipinski definition) is 5. The van der Waals surface area contributed by atoms with Crippen LogP contribution in [-0.2, 0) is 27.3 Å². The number of thioether (sulfide) groups is 1. The van der Waals surface area contributed by atoms with E-state index in [1.54, 1.807) is 7.05 Å². The van der Waals surface area contributed by atoms with Crippen molar-refractivity contribution in [2.75, 3.05) is 25.1 Å². The second-order valence-electron chi connectivity index (χ2n) is 7.90. The van der Waals surface area contributed by atoms with E-state index in [9.17, 15) is 9.59 Å². The van der Waals surface area contributed by atoms with Crippen LogP contribution < -0.4 is 0 Å². The fourth-order valence-electron chi connectivity index (χ4n) is 2.85. The monoisotopic (exact) mass is 443 g/mol. The first-order valence-electron chi connectivity index (χ1n) is 10.7. The topological polar surface area (TPSA) is 55.8 Å². The van der Waals surface area contributed by atoms with Gasteiger partial charge in [-0.3, -0.25) is 0 Å². The molecule has 168 valence electrons. The summed E-state index contributed by atoms with van der Waals surface area (Å²) in [6.07, 6.45) is -0.342. The Morgan fingerprint density at radius 3 is 2.19 bits per heavy atom. The fraction of sp³-hybridized carbons (Fsp3) is 0.440. The van der Waals surface area contributed by atoms with Crippen LogP contribution in [0.2, 0.25) is 0 Å². The lowest BCUT2D eigenvalue weighted by atomic mass is 10.1. The van der Waals surface area contributed by atoms with Gasteiger partial charge in [0.2, 0.25) is 6.10 Å². The third kappa shape index (κ3) is 9.92. The number of nitrogens with zero attached hydrogens (tertiary/aromatic N) is 1. The molecule has 0 heterocycles. The smallest absolute Gasteiger partial charge is 0.410 e. The normalized spacial score (nSPS) is 11.7. The Kier molecular flexibility index (Phi) is 11.0. The molecule has 1 atom stereocenters. The molecule has 2 aromatic rings. The largest absolute Gasteiger partial charge is 0.458 e. The van der Waals surface area contributed by atoms with Crippen molar-refractivity contribution in [3.8, 4) is 0 Å². The number of amides is 1. The van der Waals surface area contributed by atoms with Crippen LogP contribution in [0.4, 0.5) is 4.79 Å². The van der Waals surface area contributed by atoms with E-state index in [4.69, 9.17) is 9.47 Å². The molecule has 0 N–H and O–H groups in total. The van der Waals surface area contributed by atoms with Crippen molar-refractivity contribution in [3.05, 3.63) is 71.8 Å². The molecule has 0 bridgehead atoms. The van der Waals surface area contributed by atoms with Gasteiger partial charge in [0.05, 0.1) is 0 Å². The molecule has 0 saturated carbocycles. The molecule has 0 aliphatic carbocycles. The first kappa shape index (κ1) is 24.8. The molecule has 0 spiro atoms. The number of hydrogen-bond donors (Lipinski definition) is 0. The minimum absolute atomic E-state index is 0.144. The Morgan fingerprint density at radius 1 is 0.968 bits per heavy atom. The molecule has 0 aliphatic heterocycles.